The second-order valence-electron chi connectivity index (χ2n) is 7.01. The van der Waals surface area contributed by atoms with Crippen LogP contribution in [-0.4, -0.2) is 67.9 Å². The number of nitrogens with zero attached hydrogens (tertiary/aromatic N) is 2. The van der Waals surface area contributed by atoms with Crippen LogP contribution in [0.3, 0.4) is 0 Å². The summed E-state index contributed by atoms with van der Waals surface area (Å²) >= 11 is 0. The summed E-state index contributed by atoms with van der Waals surface area (Å²) < 4.78 is 10.9. The zero-order chi connectivity index (χ0) is 16.9. The van der Waals surface area contributed by atoms with Crippen LogP contribution in [0.15, 0.2) is 10.6 Å². The molecule has 2 saturated heterocycles. The van der Waals surface area contributed by atoms with Crippen molar-refractivity contribution in [1.82, 2.24) is 20.7 Å². The number of aromatic nitrogens is 1. The zero-order valence-corrected chi connectivity index (χ0v) is 17.0. The first kappa shape index (κ1) is 23.2. The third kappa shape index (κ3) is 6.39. The van der Waals surface area contributed by atoms with E-state index in [1.54, 1.807) is 0 Å². The molecule has 9 heteroatoms. The van der Waals surface area contributed by atoms with Gasteiger partial charge in [-0.1, -0.05) is 5.16 Å². The monoisotopic (exact) mass is 408 g/mol. The molecule has 26 heavy (non-hydrogen) atoms. The first-order valence-corrected chi connectivity index (χ1v) is 8.82. The van der Waals surface area contributed by atoms with Gasteiger partial charge in [-0.3, -0.25) is 9.69 Å². The second-order valence-corrected chi connectivity index (χ2v) is 7.01. The molecule has 0 unspecified atom stereocenters. The van der Waals surface area contributed by atoms with Crippen molar-refractivity contribution in [2.45, 2.75) is 38.3 Å². The predicted octanol–water partition coefficient (Wildman–Crippen LogP) is 1.18. The van der Waals surface area contributed by atoms with E-state index in [1.165, 1.54) is 0 Å². The molecule has 0 bridgehead atoms. The number of hydrogen-bond donors (Lipinski definition) is 2. The normalized spacial score (nSPS) is 23.3. The molecule has 2 atom stereocenters. The quantitative estimate of drug-likeness (QED) is 0.735. The van der Waals surface area contributed by atoms with Crippen LogP contribution in [0.2, 0.25) is 0 Å². The molecule has 2 aliphatic heterocycles. The summed E-state index contributed by atoms with van der Waals surface area (Å²) in [6.07, 6.45) is 2.95. The molecule has 2 aliphatic rings. The van der Waals surface area contributed by atoms with Crippen LogP contribution in [0.5, 0.6) is 0 Å². The Hall–Kier alpha value is -0.860. The summed E-state index contributed by atoms with van der Waals surface area (Å²) in [5.74, 6) is 1.17. The summed E-state index contributed by atoms with van der Waals surface area (Å²) in [7, 11) is 2.04. The van der Waals surface area contributed by atoms with E-state index in [0.29, 0.717) is 25.8 Å². The number of likely N-dealkylation sites (N-methyl/N-ethyl adjacent to an activating group) is 1. The lowest BCUT2D eigenvalue weighted by Crippen LogP contribution is -2.48. The number of ether oxygens (including phenoxy) is 1. The molecule has 1 aromatic rings. The minimum Gasteiger partial charge on any atom is -0.379 e. The van der Waals surface area contributed by atoms with Crippen LogP contribution in [0, 0.1) is 12.8 Å². The van der Waals surface area contributed by atoms with Gasteiger partial charge in [0.15, 0.2) is 0 Å². The van der Waals surface area contributed by atoms with Gasteiger partial charge in [0.1, 0.15) is 5.76 Å². The molecule has 1 aromatic heterocycles. The molecule has 150 valence electrons. The lowest BCUT2D eigenvalue weighted by atomic mass is 9.98. The Morgan fingerprint density at radius 3 is 2.73 bits per heavy atom. The van der Waals surface area contributed by atoms with Gasteiger partial charge in [-0.25, -0.2) is 0 Å². The predicted molar refractivity (Wildman–Crippen MR) is 104 cm³/mol. The third-order valence-corrected chi connectivity index (χ3v) is 5.01. The zero-order valence-electron chi connectivity index (χ0n) is 15.4. The summed E-state index contributed by atoms with van der Waals surface area (Å²) in [4.78, 5) is 14.6. The molecule has 0 spiro atoms. The molecule has 2 N–H and O–H groups in total. The molecule has 0 aromatic carbocycles. The lowest BCUT2D eigenvalue weighted by Gasteiger charge is -2.31. The summed E-state index contributed by atoms with van der Waals surface area (Å²) in [5.41, 5.74) is 0.882. The highest BCUT2D eigenvalue weighted by molar-refractivity contribution is 5.85. The first-order chi connectivity index (χ1) is 11.6. The van der Waals surface area contributed by atoms with Gasteiger partial charge in [0.2, 0.25) is 5.91 Å². The van der Waals surface area contributed by atoms with Gasteiger partial charge in [0.25, 0.3) is 0 Å². The average molecular weight is 409 g/mol. The van der Waals surface area contributed by atoms with Gasteiger partial charge in [-0.15, -0.1) is 24.8 Å². The van der Waals surface area contributed by atoms with Crippen molar-refractivity contribution in [3.05, 3.63) is 17.5 Å². The minimum atomic E-state index is 0. The van der Waals surface area contributed by atoms with Crippen molar-refractivity contribution < 1.29 is 14.1 Å². The molecular formula is C17H30Cl2N4O3. The summed E-state index contributed by atoms with van der Waals surface area (Å²) in [6, 6.07) is 2.48. The van der Waals surface area contributed by atoms with Crippen LogP contribution in [-0.2, 0) is 16.0 Å². The van der Waals surface area contributed by atoms with Crippen molar-refractivity contribution in [2.75, 3.05) is 39.9 Å². The molecule has 7 nitrogen and oxygen atoms in total. The Morgan fingerprint density at radius 1 is 1.35 bits per heavy atom. The summed E-state index contributed by atoms with van der Waals surface area (Å²) in [6.45, 7) is 5.64. The van der Waals surface area contributed by atoms with Crippen LogP contribution < -0.4 is 10.6 Å². The number of piperidine rings is 1. The van der Waals surface area contributed by atoms with E-state index in [9.17, 15) is 4.79 Å². The molecule has 1 amide bonds. The molecular weight excluding hydrogens is 379 g/mol. The highest BCUT2D eigenvalue weighted by atomic mass is 35.5. The Morgan fingerprint density at radius 2 is 2.08 bits per heavy atom. The topological polar surface area (TPSA) is 79.6 Å². The van der Waals surface area contributed by atoms with Crippen LogP contribution in [0.4, 0.5) is 0 Å². The van der Waals surface area contributed by atoms with Gasteiger partial charge in [0.05, 0.1) is 31.5 Å². The SMILES string of the molecule is Cc1cc(C[C@@H]2COC[C@@H]2NC(=O)CN(C)C2CCNCC2)on1.Cl.Cl. The Kier molecular flexibility index (Phi) is 9.89. The Balaban J connectivity index is 0.00000169. The van der Waals surface area contributed by atoms with Crippen molar-refractivity contribution in [3.8, 4) is 0 Å². The smallest absolute Gasteiger partial charge is 0.234 e. The van der Waals surface area contributed by atoms with Crippen LogP contribution in [0.25, 0.3) is 0 Å². The number of nitrogens with one attached hydrogen (secondary N) is 2. The maximum absolute atomic E-state index is 12.4. The molecule has 0 radical (unpaired) electrons. The van der Waals surface area contributed by atoms with E-state index in [0.717, 1.165) is 43.8 Å². The van der Waals surface area contributed by atoms with E-state index in [4.69, 9.17) is 9.26 Å². The van der Waals surface area contributed by atoms with E-state index < -0.39 is 0 Å². The number of carbonyl (C=O) groups is 1. The van der Waals surface area contributed by atoms with E-state index >= 15 is 0 Å². The van der Waals surface area contributed by atoms with Crippen molar-refractivity contribution in [3.63, 3.8) is 0 Å². The van der Waals surface area contributed by atoms with Gasteiger partial charge in [0, 0.05) is 24.4 Å². The van der Waals surface area contributed by atoms with E-state index in [2.05, 4.69) is 20.7 Å². The number of amides is 1. The second kappa shape index (κ2) is 11.1. The molecule has 3 rings (SSSR count). The van der Waals surface area contributed by atoms with Crippen LogP contribution in [0.1, 0.15) is 24.3 Å². The van der Waals surface area contributed by atoms with Crippen LogP contribution >= 0.6 is 24.8 Å². The minimum absolute atomic E-state index is 0. The number of carbonyl (C=O) groups excluding carboxylic acids is 1. The van der Waals surface area contributed by atoms with Crippen molar-refractivity contribution >= 4 is 30.7 Å². The molecule has 0 aliphatic carbocycles. The fourth-order valence-electron chi connectivity index (χ4n) is 3.59. The Bertz CT molecular complexity index is 552. The number of halogens is 2. The maximum atomic E-state index is 12.4. The Labute approximate surface area is 167 Å². The van der Waals surface area contributed by atoms with Gasteiger partial charge < -0.3 is 19.9 Å². The molecule has 3 heterocycles. The fourth-order valence-corrected chi connectivity index (χ4v) is 3.59. The van der Waals surface area contributed by atoms with E-state index in [1.807, 2.05) is 20.0 Å². The maximum Gasteiger partial charge on any atom is 0.234 e. The largest absolute Gasteiger partial charge is 0.379 e. The van der Waals surface area contributed by atoms with Gasteiger partial charge in [-0.05, 0) is 39.9 Å². The average Bonchev–Trinajstić information content (AvgIpc) is 3.18. The lowest BCUT2D eigenvalue weighted by molar-refractivity contribution is -0.123. The number of hydrogen-bond acceptors (Lipinski definition) is 6. The van der Waals surface area contributed by atoms with Crippen molar-refractivity contribution in [2.24, 2.45) is 5.92 Å². The standard InChI is InChI=1S/C17H28N4O3.2ClH/c1-12-7-15(24-20-12)8-13-10-23-11-16(13)19-17(22)9-21(2)14-3-5-18-6-4-14;;/h7,13-14,16,18H,3-6,8-11H2,1-2H3,(H,19,22);2*1H/t13-,16+;;/m1../s1. The van der Waals surface area contributed by atoms with Gasteiger partial charge in [-0.2, -0.15) is 0 Å². The van der Waals surface area contributed by atoms with Gasteiger partial charge >= 0.3 is 0 Å². The fraction of sp³-hybridized carbons (Fsp3) is 0.765. The summed E-state index contributed by atoms with van der Waals surface area (Å²) in [5, 5.41) is 10.4. The number of aryl methyl sites for hydroxylation is 1. The third-order valence-electron chi connectivity index (χ3n) is 5.01. The highest BCUT2D eigenvalue weighted by Gasteiger charge is 2.31. The van der Waals surface area contributed by atoms with E-state index in [-0.39, 0.29) is 42.7 Å². The molecule has 0 saturated carbocycles. The highest BCUT2D eigenvalue weighted by Crippen LogP contribution is 2.20. The van der Waals surface area contributed by atoms with Crippen molar-refractivity contribution in [1.29, 1.82) is 0 Å². The first-order valence-electron chi connectivity index (χ1n) is 8.82. The number of rotatable bonds is 6. The molecule has 2 fully saturated rings.